The molecule has 2 heterocycles. The van der Waals surface area contributed by atoms with Crippen LogP contribution >= 0.6 is 0 Å². The minimum atomic E-state index is -0.0578. The zero-order valence-electron chi connectivity index (χ0n) is 15.7. The second kappa shape index (κ2) is 8.17. The minimum absolute atomic E-state index is 0.0180. The molecule has 1 saturated heterocycles. The number of amides is 2. The molecule has 1 atom stereocenters. The topological polar surface area (TPSA) is 54.5 Å². The van der Waals surface area contributed by atoms with Gasteiger partial charge in [0.05, 0.1) is 17.8 Å². The standard InChI is InChI=1S/C20H31N3O2/c1-14(2)18(19-15(3)5-4-10-21-19)22-20(24)23-11-8-17(9-12-23)25-13-16-6-7-16/h4-5,10,14,16-18H,6-9,11-13H2,1-3H3,(H,22,24). The fourth-order valence-electron chi connectivity index (χ4n) is 3.38. The number of rotatable bonds is 6. The van der Waals surface area contributed by atoms with E-state index in [1.54, 1.807) is 6.20 Å². The zero-order valence-corrected chi connectivity index (χ0v) is 15.7. The maximum Gasteiger partial charge on any atom is 0.317 e. The molecule has 2 fully saturated rings. The average molecular weight is 345 g/mol. The summed E-state index contributed by atoms with van der Waals surface area (Å²) in [4.78, 5) is 19.2. The van der Waals surface area contributed by atoms with Crippen molar-refractivity contribution in [1.29, 1.82) is 0 Å². The summed E-state index contributed by atoms with van der Waals surface area (Å²) in [7, 11) is 0. The van der Waals surface area contributed by atoms with Crippen molar-refractivity contribution in [3.63, 3.8) is 0 Å². The van der Waals surface area contributed by atoms with Gasteiger partial charge in [0.2, 0.25) is 0 Å². The molecule has 2 amide bonds. The lowest BCUT2D eigenvalue weighted by Crippen LogP contribution is -2.47. The summed E-state index contributed by atoms with van der Waals surface area (Å²) >= 11 is 0. The largest absolute Gasteiger partial charge is 0.378 e. The van der Waals surface area contributed by atoms with Gasteiger partial charge in [-0.15, -0.1) is 0 Å². The summed E-state index contributed by atoms with van der Waals surface area (Å²) in [6.07, 6.45) is 6.65. The van der Waals surface area contributed by atoms with Crippen molar-refractivity contribution in [3.05, 3.63) is 29.6 Å². The van der Waals surface area contributed by atoms with Gasteiger partial charge in [0.25, 0.3) is 0 Å². The maximum absolute atomic E-state index is 12.7. The molecular weight excluding hydrogens is 314 g/mol. The molecule has 1 aromatic heterocycles. The number of urea groups is 1. The summed E-state index contributed by atoms with van der Waals surface area (Å²) in [6.45, 7) is 8.74. The Morgan fingerprint density at radius 3 is 2.64 bits per heavy atom. The highest BCUT2D eigenvalue weighted by molar-refractivity contribution is 5.74. The number of hydrogen-bond acceptors (Lipinski definition) is 3. The van der Waals surface area contributed by atoms with Crippen LogP contribution < -0.4 is 5.32 Å². The van der Waals surface area contributed by atoms with Gasteiger partial charge >= 0.3 is 6.03 Å². The minimum Gasteiger partial charge on any atom is -0.378 e. The van der Waals surface area contributed by atoms with Crippen LogP contribution in [0.25, 0.3) is 0 Å². The molecule has 5 heteroatoms. The first-order valence-corrected chi connectivity index (χ1v) is 9.63. The Kier molecular flexibility index (Phi) is 5.94. The summed E-state index contributed by atoms with van der Waals surface area (Å²) in [5, 5.41) is 3.20. The molecule has 1 aliphatic carbocycles. The van der Waals surface area contributed by atoms with E-state index >= 15 is 0 Å². The van der Waals surface area contributed by atoms with E-state index in [1.165, 1.54) is 12.8 Å². The highest BCUT2D eigenvalue weighted by Crippen LogP contribution is 2.30. The third-order valence-electron chi connectivity index (χ3n) is 5.28. The molecule has 1 unspecified atom stereocenters. The first-order valence-electron chi connectivity index (χ1n) is 9.63. The fourth-order valence-corrected chi connectivity index (χ4v) is 3.38. The van der Waals surface area contributed by atoms with E-state index in [2.05, 4.69) is 24.1 Å². The first-order chi connectivity index (χ1) is 12.0. The lowest BCUT2D eigenvalue weighted by atomic mass is 9.97. The number of carbonyl (C=O) groups is 1. The molecule has 1 aliphatic heterocycles. The molecule has 25 heavy (non-hydrogen) atoms. The van der Waals surface area contributed by atoms with Gasteiger partial charge in [-0.3, -0.25) is 4.98 Å². The van der Waals surface area contributed by atoms with E-state index in [4.69, 9.17) is 4.74 Å². The molecule has 1 saturated carbocycles. The Morgan fingerprint density at radius 2 is 2.04 bits per heavy atom. The number of nitrogens with zero attached hydrogens (tertiary/aromatic N) is 2. The van der Waals surface area contributed by atoms with E-state index < -0.39 is 0 Å². The maximum atomic E-state index is 12.7. The third-order valence-corrected chi connectivity index (χ3v) is 5.28. The normalized spacial score (nSPS) is 19.9. The molecule has 2 aliphatic rings. The number of aromatic nitrogens is 1. The van der Waals surface area contributed by atoms with Crippen molar-refractivity contribution >= 4 is 6.03 Å². The summed E-state index contributed by atoms with van der Waals surface area (Å²) < 4.78 is 5.97. The van der Waals surface area contributed by atoms with Crippen LogP contribution in [0.1, 0.15) is 56.8 Å². The summed E-state index contributed by atoms with van der Waals surface area (Å²) in [6, 6.07) is 3.94. The van der Waals surface area contributed by atoms with E-state index in [0.717, 1.165) is 49.7 Å². The highest BCUT2D eigenvalue weighted by Gasteiger charge is 2.29. The fraction of sp³-hybridized carbons (Fsp3) is 0.700. The average Bonchev–Trinajstić information content (AvgIpc) is 3.43. The highest BCUT2D eigenvalue weighted by atomic mass is 16.5. The van der Waals surface area contributed by atoms with Gasteiger partial charge in [0, 0.05) is 25.9 Å². The van der Waals surface area contributed by atoms with E-state index in [0.29, 0.717) is 6.10 Å². The van der Waals surface area contributed by atoms with Crippen molar-refractivity contribution < 1.29 is 9.53 Å². The molecule has 0 radical (unpaired) electrons. The number of pyridine rings is 1. The third kappa shape index (κ3) is 4.94. The van der Waals surface area contributed by atoms with Gasteiger partial charge in [-0.05, 0) is 56.1 Å². The van der Waals surface area contributed by atoms with Crippen LogP contribution in [0.4, 0.5) is 4.79 Å². The van der Waals surface area contributed by atoms with E-state index in [-0.39, 0.29) is 18.0 Å². The molecule has 1 aromatic rings. The molecular formula is C20H31N3O2. The second-order valence-corrected chi connectivity index (χ2v) is 7.84. The Labute approximate surface area is 151 Å². The SMILES string of the molecule is Cc1cccnc1C(NC(=O)N1CCC(OCC2CC2)CC1)C(C)C. The van der Waals surface area contributed by atoms with Crippen LogP contribution in [0.3, 0.4) is 0 Å². The Bertz CT molecular complexity index is 578. The predicted molar refractivity (Wildman–Crippen MR) is 98.4 cm³/mol. The van der Waals surface area contributed by atoms with Crippen molar-refractivity contribution in [2.45, 2.75) is 58.6 Å². The van der Waals surface area contributed by atoms with Crippen molar-refractivity contribution in [2.24, 2.45) is 11.8 Å². The molecule has 0 bridgehead atoms. The number of aryl methyl sites for hydroxylation is 1. The summed E-state index contributed by atoms with van der Waals surface area (Å²) in [5.74, 6) is 1.09. The first kappa shape index (κ1) is 18.2. The van der Waals surface area contributed by atoms with E-state index in [1.807, 2.05) is 24.0 Å². The molecule has 1 N–H and O–H groups in total. The Balaban J connectivity index is 1.52. The quantitative estimate of drug-likeness (QED) is 0.855. The smallest absolute Gasteiger partial charge is 0.317 e. The van der Waals surface area contributed by atoms with Crippen LogP contribution in [0, 0.1) is 18.8 Å². The van der Waals surface area contributed by atoms with Crippen molar-refractivity contribution in [2.75, 3.05) is 19.7 Å². The van der Waals surface area contributed by atoms with Gasteiger partial charge < -0.3 is 15.0 Å². The number of ether oxygens (including phenoxy) is 1. The predicted octanol–water partition coefficient (Wildman–Crippen LogP) is 3.69. The van der Waals surface area contributed by atoms with Crippen LogP contribution in [-0.4, -0.2) is 41.7 Å². The monoisotopic (exact) mass is 345 g/mol. The second-order valence-electron chi connectivity index (χ2n) is 7.84. The molecule has 5 nitrogen and oxygen atoms in total. The number of nitrogens with one attached hydrogen (secondary N) is 1. The van der Waals surface area contributed by atoms with Crippen molar-refractivity contribution in [3.8, 4) is 0 Å². The number of likely N-dealkylation sites (tertiary alicyclic amines) is 1. The van der Waals surface area contributed by atoms with Gasteiger partial charge in [0.15, 0.2) is 0 Å². The van der Waals surface area contributed by atoms with E-state index in [9.17, 15) is 4.79 Å². The van der Waals surface area contributed by atoms with Crippen LogP contribution in [-0.2, 0) is 4.74 Å². The van der Waals surface area contributed by atoms with Crippen molar-refractivity contribution in [1.82, 2.24) is 15.2 Å². The number of hydrogen-bond donors (Lipinski definition) is 1. The summed E-state index contributed by atoms with van der Waals surface area (Å²) in [5.41, 5.74) is 2.09. The Morgan fingerprint density at radius 1 is 1.32 bits per heavy atom. The number of piperidine rings is 1. The van der Waals surface area contributed by atoms with Crippen LogP contribution in [0.5, 0.6) is 0 Å². The van der Waals surface area contributed by atoms with Crippen LogP contribution in [0.15, 0.2) is 18.3 Å². The Hall–Kier alpha value is -1.62. The zero-order chi connectivity index (χ0) is 17.8. The molecule has 0 spiro atoms. The number of carbonyl (C=O) groups excluding carboxylic acids is 1. The van der Waals surface area contributed by atoms with Gasteiger partial charge in [-0.1, -0.05) is 19.9 Å². The van der Waals surface area contributed by atoms with Gasteiger partial charge in [-0.2, -0.15) is 0 Å². The molecule has 3 rings (SSSR count). The van der Waals surface area contributed by atoms with Gasteiger partial charge in [-0.25, -0.2) is 4.79 Å². The lowest BCUT2D eigenvalue weighted by molar-refractivity contribution is 0.00916. The van der Waals surface area contributed by atoms with Crippen LogP contribution in [0.2, 0.25) is 0 Å². The molecule has 138 valence electrons. The van der Waals surface area contributed by atoms with Gasteiger partial charge in [0.1, 0.15) is 0 Å². The molecule has 0 aromatic carbocycles. The lowest BCUT2D eigenvalue weighted by Gasteiger charge is -2.34.